The number of aromatic nitrogens is 2. The number of imidazole rings is 1. The topological polar surface area (TPSA) is 73.1 Å². The lowest BCUT2D eigenvalue weighted by Crippen LogP contribution is -2.19. The summed E-state index contributed by atoms with van der Waals surface area (Å²) in [6.07, 6.45) is 0. The van der Waals surface area contributed by atoms with Crippen LogP contribution in [0.2, 0.25) is 5.02 Å². The molecule has 0 amide bonds. The molecule has 144 valence electrons. The van der Waals surface area contributed by atoms with Crippen LogP contribution in [-0.4, -0.2) is 17.6 Å². The zero-order chi connectivity index (χ0) is 20.3. The SMILES string of the molecule is Cc1cc(C)c(C)c(S(=O)(=O)Nc2cc3c(cc2Cl)n(C)c(=O)n3C)c1C. The first-order valence-electron chi connectivity index (χ1n) is 8.41. The number of hydrogen-bond donors (Lipinski definition) is 1. The van der Waals surface area contributed by atoms with Crippen molar-refractivity contribution in [1.29, 1.82) is 0 Å². The molecular formula is C19H22ClN3O3S. The van der Waals surface area contributed by atoms with Crippen LogP contribution in [0.15, 0.2) is 27.9 Å². The molecule has 0 unspecified atom stereocenters. The Bertz CT molecular complexity index is 1230. The van der Waals surface area contributed by atoms with E-state index in [0.29, 0.717) is 22.2 Å². The van der Waals surface area contributed by atoms with Crippen LogP contribution in [0, 0.1) is 27.7 Å². The largest absolute Gasteiger partial charge is 0.328 e. The van der Waals surface area contributed by atoms with Gasteiger partial charge in [0.1, 0.15) is 0 Å². The van der Waals surface area contributed by atoms with Gasteiger partial charge in [0.15, 0.2) is 0 Å². The lowest BCUT2D eigenvalue weighted by atomic mass is 10.0. The zero-order valence-electron chi connectivity index (χ0n) is 16.1. The highest BCUT2D eigenvalue weighted by Gasteiger charge is 2.24. The number of halogens is 1. The first-order chi connectivity index (χ1) is 12.5. The van der Waals surface area contributed by atoms with Gasteiger partial charge < -0.3 is 0 Å². The maximum Gasteiger partial charge on any atom is 0.328 e. The molecule has 3 aromatic rings. The molecule has 3 rings (SSSR count). The summed E-state index contributed by atoms with van der Waals surface area (Å²) in [7, 11) is -0.576. The number of aryl methyl sites for hydroxylation is 4. The third-order valence-corrected chi connectivity index (χ3v) is 7.12. The van der Waals surface area contributed by atoms with Crippen LogP contribution in [-0.2, 0) is 24.1 Å². The predicted octanol–water partition coefficient (Wildman–Crippen LogP) is 3.56. The normalized spacial score (nSPS) is 12.0. The van der Waals surface area contributed by atoms with Gasteiger partial charge in [0, 0.05) is 14.1 Å². The summed E-state index contributed by atoms with van der Waals surface area (Å²) in [5, 5.41) is 0.229. The fraction of sp³-hybridized carbons (Fsp3) is 0.316. The second-order valence-electron chi connectivity index (χ2n) is 6.92. The molecule has 6 nitrogen and oxygen atoms in total. The van der Waals surface area contributed by atoms with Gasteiger partial charge in [0.05, 0.1) is 26.6 Å². The number of nitrogens with one attached hydrogen (secondary N) is 1. The Kier molecular flexibility index (Phi) is 4.64. The number of fused-ring (bicyclic) bond motifs is 1. The number of sulfonamides is 1. The molecular weight excluding hydrogens is 386 g/mol. The first kappa shape index (κ1) is 19.5. The molecule has 0 radical (unpaired) electrons. The molecule has 1 N–H and O–H groups in total. The summed E-state index contributed by atoms with van der Waals surface area (Å²) in [5.74, 6) is 0. The van der Waals surface area contributed by atoms with Gasteiger partial charge in [-0.3, -0.25) is 13.9 Å². The van der Waals surface area contributed by atoms with Crippen LogP contribution in [0.5, 0.6) is 0 Å². The van der Waals surface area contributed by atoms with E-state index in [4.69, 9.17) is 11.6 Å². The molecule has 8 heteroatoms. The summed E-state index contributed by atoms with van der Waals surface area (Å²) < 4.78 is 31.8. The fourth-order valence-corrected chi connectivity index (χ4v) is 5.33. The summed E-state index contributed by atoms with van der Waals surface area (Å²) in [4.78, 5) is 12.4. The average Bonchev–Trinajstić information content (AvgIpc) is 2.77. The van der Waals surface area contributed by atoms with Gasteiger partial charge in [-0.1, -0.05) is 17.7 Å². The number of nitrogens with zero attached hydrogens (tertiary/aromatic N) is 2. The van der Waals surface area contributed by atoms with Gasteiger partial charge in [-0.15, -0.1) is 0 Å². The van der Waals surface area contributed by atoms with Crippen molar-refractivity contribution in [2.24, 2.45) is 14.1 Å². The molecule has 0 aliphatic carbocycles. The molecule has 0 saturated carbocycles. The fourth-order valence-electron chi connectivity index (χ4n) is 3.38. The van der Waals surface area contributed by atoms with Crippen LogP contribution >= 0.6 is 11.6 Å². The Morgan fingerprint density at radius 2 is 1.37 bits per heavy atom. The third-order valence-electron chi connectivity index (χ3n) is 5.17. The van der Waals surface area contributed by atoms with E-state index in [9.17, 15) is 13.2 Å². The smallest absolute Gasteiger partial charge is 0.295 e. The van der Waals surface area contributed by atoms with E-state index in [1.54, 1.807) is 40.1 Å². The molecule has 1 aromatic heterocycles. The Hall–Kier alpha value is -2.25. The van der Waals surface area contributed by atoms with Crippen molar-refractivity contribution in [3.63, 3.8) is 0 Å². The molecule has 27 heavy (non-hydrogen) atoms. The minimum Gasteiger partial charge on any atom is -0.295 e. The second-order valence-corrected chi connectivity index (χ2v) is 8.94. The van der Waals surface area contributed by atoms with E-state index < -0.39 is 10.0 Å². The summed E-state index contributed by atoms with van der Waals surface area (Å²) in [6.45, 7) is 7.36. The van der Waals surface area contributed by atoms with Crippen LogP contribution in [0.1, 0.15) is 22.3 Å². The highest BCUT2D eigenvalue weighted by Crippen LogP contribution is 2.32. The van der Waals surface area contributed by atoms with Crippen molar-refractivity contribution in [1.82, 2.24) is 9.13 Å². The third kappa shape index (κ3) is 3.04. The Morgan fingerprint density at radius 1 is 0.889 bits per heavy atom. The highest BCUT2D eigenvalue weighted by atomic mass is 35.5. The van der Waals surface area contributed by atoms with Crippen LogP contribution in [0.3, 0.4) is 0 Å². The standard InChI is InChI=1S/C19H22ClN3O3S/c1-10-7-11(2)13(4)18(12(10)3)27(25,26)21-15-9-17-16(8-14(15)20)22(5)19(24)23(17)6/h7-9,21H,1-6H3. The molecule has 0 fully saturated rings. The van der Waals surface area contributed by atoms with E-state index in [1.807, 2.05) is 19.9 Å². The Labute approximate surface area is 163 Å². The van der Waals surface area contributed by atoms with Crippen molar-refractivity contribution in [3.05, 3.63) is 56.0 Å². The zero-order valence-corrected chi connectivity index (χ0v) is 17.7. The van der Waals surface area contributed by atoms with Crippen LogP contribution in [0.25, 0.3) is 11.0 Å². The minimum atomic E-state index is -3.86. The number of anilines is 1. The maximum atomic E-state index is 13.1. The molecule has 2 aromatic carbocycles. The summed E-state index contributed by atoms with van der Waals surface area (Å²) in [5.41, 5.74) is 4.49. The van der Waals surface area contributed by atoms with E-state index in [-0.39, 0.29) is 21.3 Å². The monoisotopic (exact) mass is 407 g/mol. The Balaban J connectivity index is 2.19. The molecule has 0 spiro atoms. The van der Waals surface area contributed by atoms with Crippen molar-refractivity contribution < 1.29 is 8.42 Å². The van der Waals surface area contributed by atoms with E-state index >= 15 is 0 Å². The molecule has 0 saturated heterocycles. The molecule has 0 bridgehead atoms. The molecule has 1 heterocycles. The predicted molar refractivity (Wildman–Crippen MR) is 109 cm³/mol. The van der Waals surface area contributed by atoms with Gasteiger partial charge in [-0.05, 0) is 62.1 Å². The van der Waals surface area contributed by atoms with Gasteiger partial charge in [0.25, 0.3) is 10.0 Å². The number of hydrogen-bond acceptors (Lipinski definition) is 3. The van der Waals surface area contributed by atoms with E-state index in [0.717, 1.165) is 11.1 Å². The maximum absolute atomic E-state index is 13.1. The van der Waals surface area contributed by atoms with Crippen molar-refractivity contribution in [3.8, 4) is 0 Å². The van der Waals surface area contributed by atoms with Gasteiger partial charge in [0.2, 0.25) is 0 Å². The molecule has 0 aliphatic heterocycles. The Morgan fingerprint density at radius 3 is 1.89 bits per heavy atom. The lowest BCUT2D eigenvalue weighted by molar-refractivity contribution is 0.599. The highest BCUT2D eigenvalue weighted by molar-refractivity contribution is 7.92. The number of benzene rings is 2. The lowest BCUT2D eigenvalue weighted by Gasteiger charge is -2.17. The summed E-state index contributed by atoms with van der Waals surface area (Å²) in [6, 6.07) is 5.16. The van der Waals surface area contributed by atoms with Crippen LogP contribution < -0.4 is 10.4 Å². The van der Waals surface area contributed by atoms with Gasteiger partial charge in [-0.25, -0.2) is 13.2 Å². The van der Waals surface area contributed by atoms with Crippen molar-refractivity contribution >= 4 is 38.3 Å². The van der Waals surface area contributed by atoms with Crippen molar-refractivity contribution in [2.75, 3.05) is 4.72 Å². The van der Waals surface area contributed by atoms with Gasteiger partial charge >= 0.3 is 5.69 Å². The van der Waals surface area contributed by atoms with Crippen molar-refractivity contribution in [2.45, 2.75) is 32.6 Å². The first-order valence-corrected chi connectivity index (χ1v) is 10.3. The van der Waals surface area contributed by atoms with E-state index in [2.05, 4.69) is 4.72 Å². The second kappa shape index (κ2) is 6.42. The van der Waals surface area contributed by atoms with Gasteiger partial charge in [-0.2, -0.15) is 0 Å². The van der Waals surface area contributed by atoms with E-state index in [1.165, 1.54) is 9.13 Å². The summed E-state index contributed by atoms with van der Waals surface area (Å²) >= 11 is 6.32. The average molecular weight is 408 g/mol. The quantitative estimate of drug-likeness (QED) is 0.721. The van der Waals surface area contributed by atoms with Crippen LogP contribution in [0.4, 0.5) is 5.69 Å². The number of rotatable bonds is 3. The minimum absolute atomic E-state index is 0.206. The molecule has 0 aliphatic rings. The molecule has 0 atom stereocenters.